The monoisotopic (exact) mass is 359 g/mol. The number of nitrogens with two attached hydrogens (primary N) is 1. The summed E-state index contributed by atoms with van der Waals surface area (Å²) in [4.78, 5) is 0. The van der Waals surface area contributed by atoms with Crippen LogP contribution < -0.4 is 10.5 Å². The third-order valence-corrected chi connectivity index (χ3v) is 6.50. The smallest absolute Gasteiger partial charge is 0.135 e. The van der Waals surface area contributed by atoms with Gasteiger partial charge in [-0.05, 0) is 67.6 Å². The van der Waals surface area contributed by atoms with Gasteiger partial charge < -0.3 is 10.5 Å². The van der Waals surface area contributed by atoms with Gasteiger partial charge >= 0.3 is 0 Å². The van der Waals surface area contributed by atoms with Gasteiger partial charge in [-0.15, -0.1) is 6.42 Å². The molecule has 2 N–H and O–H groups in total. The zero-order valence-corrected chi connectivity index (χ0v) is 15.9. The lowest BCUT2D eigenvalue weighted by molar-refractivity contribution is 0.0986. The van der Waals surface area contributed by atoms with Crippen molar-refractivity contribution < 1.29 is 4.74 Å². The fourth-order valence-corrected chi connectivity index (χ4v) is 5.17. The molecule has 2 aliphatic rings. The summed E-state index contributed by atoms with van der Waals surface area (Å²) in [5.41, 5.74) is 8.59. The van der Waals surface area contributed by atoms with Crippen LogP contribution in [-0.4, -0.2) is 12.1 Å². The molecule has 0 amide bonds. The lowest BCUT2D eigenvalue weighted by Crippen LogP contribution is -2.35. The summed E-state index contributed by atoms with van der Waals surface area (Å²) < 4.78 is 6.57. The molecule has 0 saturated heterocycles. The molecule has 2 saturated carbocycles. The molecule has 2 aromatic carbocycles. The normalized spacial score (nSPS) is 30.6. The van der Waals surface area contributed by atoms with E-state index in [1.54, 1.807) is 0 Å². The zero-order valence-electron chi connectivity index (χ0n) is 15.9. The van der Waals surface area contributed by atoms with Gasteiger partial charge in [0.1, 0.15) is 11.9 Å². The van der Waals surface area contributed by atoms with E-state index >= 15 is 0 Å². The van der Waals surface area contributed by atoms with Gasteiger partial charge in [0, 0.05) is 6.04 Å². The topological polar surface area (TPSA) is 35.2 Å². The first kappa shape index (κ1) is 18.1. The van der Waals surface area contributed by atoms with Crippen LogP contribution in [0.5, 0.6) is 5.75 Å². The molecule has 2 heteroatoms. The SMILES string of the molecule is C#Cc1ccccc1OC1CC(c2ccccc2)CC1C1CCCC(N)C1. The maximum absolute atomic E-state index is 6.57. The van der Waals surface area contributed by atoms with Gasteiger partial charge in [-0.3, -0.25) is 0 Å². The predicted molar refractivity (Wildman–Crippen MR) is 111 cm³/mol. The van der Waals surface area contributed by atoms with E-state index in [0.717, 1.165) is 30.6 Å². The first-order chi connectivity index (χ1) is 13.2. The maximum atomic E-state index is 6.57. The van der Waals surface area contributed by atoms with E-state index in [1.807, 2.05) is 24.3 Å². The summed E-state index contributed by atoms with van der Waals surface area (Å²) in [6.07, 6.45) is 12.9. The largest absolute Gasteiger partial charge is 0.489 e. The van der Waals surface area contributed by atoms with E-state index in [0.29, 0.717) is 23.8 Å². The number of para-hydroxylation sites is 1. The van der Waals surface area contributed by atoms with Crippen LogP contribution in [0, 0.1) is 24.2 Å². The molecule has 5 atom stereocenters. The van der Waals surface area contributed by atoms with E-state index in [-0.39, 0.29) is 6.10 Å². The maximum Gasteiger partial charge on any atom is 0.135 e. The van der Waals surface area contributed by atoms with Crippen molar-refractivity contribution in [3.63, 3.8) is 0 Å². The quantitative estimate of drug-likeness (QED) is 0.768. The van der Waals surface area contributed by atoms with Crippen LogP contribution in [0.1, 0.15) is 55.6 Å². The van der Waals surface area contributed by atoms with Crippen LogP contribution in [0.15, 0.2) is 54.6 Å². The molecule has 27 heavy (non-hydrogen) atoms. The van der Waals surface area contributed by atoms with Gasteiger partial charge in [0.15, 0.2) is 0 Å². The predicted octanol–water partition coefficient (Wildman–Crippen LogP) is 5.13. The van der Waals surface area contributed by atoms with Crippen LogP contribution in [0.3, 0.4) is 0 Å². The summed E-state index contributed by atoms with van der Waals surface area (Å²) in [6.45, 7) is 0. The number of ether oxygens (including phenoxy) is 1. The Bertz CT molecular complexity index is 793. The third-order valence-electron chi connectivity index (χ3n) is 6.50. The van der Waals surface area contributed by atoms with Crippen LogP contribution in [0.25, 0.3) is 0 Å². The first-order valence-electron chi connectivity index (χ1n) is 10.3. The number of terminal acetylenes is 1. The van der Waals surface area contributed by atoms with Crippen molar-refractivity contribution in [3.8, 4) is 18.1 Å². The minimum Gasteiger partial charge on any atom is -0.489 e. The summed E-state index contributed by atoms with van der Waals surface area (Å²) in [5.74, 6) is 5.38. The van der Waals surface area contributed by atoms with Crippen LogP contribution in [0.4, 0.5) is 0 Å². The molecule has 0 aromatic heterocycles. The Morgan fingerprint density at radius 2 is 1.70 bits per heavy atom. The summed E-state index contributed by atoms with van der Waals surface area (Å²) in [5, 5.41) is 0. The molecule has 0 bridgehead atoms. The second-order valence-corrected chi connectivity index (χ2v) is 8.23. The Morgan fingerprint density at radius 1 is 0.926 bits per heavy atom. The molecule has 2 fully saturated rings. The zero-order chi connectivity index (χ0) is 18.6. The summed E-state index contributed by atoms with van der Waals surface area (Å²) in [6, 6.07) is 19.2. The van der Waals surface area contributed by atoms with Gasteiger partial charge in [-0.1, -0.05) is 54.8 Å². The van der Waals surface area contributed by atoms with Crippen molar-refractivity contribution in [2.45, 2.75) is 56.6 Å². The van der Waals surface area contributed by atoms with Gasteiger partial charge in [0.25, 0.3) is 0 Å². The summed E-state index contributed by atoms with van der Waals surface area (Å²) in [7, 11) is 0. The van der Waals surface area contributed by atoms with Crippen LogP contribution in [0.2, 0.25) is 0 Å². The Labute approximate surface area is 163 Å². The van der Waals surface area contributed by atoms with Crippen molar-refractivity contribution in [1.82, 2.24) is 0 Å². The van der Waals surface area contributed by atoms with Gasteiger partial charge in [0.2, 0.25) is 0 Å². The highest BCUT2D eigenvalue weighted by molar-refractivity contribution is 5.44. The Kier molecular flexibility index (Phi) is 5.50. The van der Waals surface area contributed by atoms with Crippen LogP contribution in [-0.2, 0) is 0 Å². The fraction of sp³-hybridized carbons (Fsp3) is 0.440. The molecule has 2 aromatic rings. The van der Waals surface area contributed by atoms with E-state index < -0.39 is 0 Å². The number of hydrogen-bond acceptors (Lipinski definition) is 2. The van der Waals surface area contributed by atoms with E-state index in [9.17, 15) is 0 Å². The highest BCUT2D eigenvalue weighted by atomic mass is 16.5. The molecule has 0 aliphatic heterocycles. The van der Waals surface area contributed by atoms with Crippen molar-refractivity contribution in [1.29, 1.82) is 0 Å². The van der Waals surface area contributed by atoms with E-state index in [4.69, 9.17) is 16.9 Å². The van der Waals surface area contributed by atoms with E-state index in [2.05, 4.69) is 36.3 Å². The molecule has 140 valence electrons. The fourth-order valence-electron chi connectivity index (χ4n) is 5.17. The van der Waals surface area contributed by atoms with Crippen molar-refractivity contribution in [2.24, 2.45) is 17.6 Å². The minimum atomic E-state index is 0.208. The molecular weight excluding hydrogens is 330 g/mol. The third kappa shape index (κ3) is 4.04. The van der Waals surface area contributed by atoms with Crippen LogP contribution >= 0.6 is 0 Å². The molecular formula is C25H29NO. The summed E-state index contributed by atoms with van der Waals surface area (Å²) >= 11 is 0. The lowest BCUT2D eigenvalue weighted by atomic mass is 9.76. The molecule has 5 unspecified atom stereocenters. The van der Waals surface area contributed by atoms with Crippen molar-refractivity contribution >= 4 is 0 Å². The second-order valence-electron chi connectivity index (χ2n) is 8.23. The molecule has 0 radical (unpaired) electrons. The number of hydrogen-bond donors (Lipinski definition) is 1. The molecule has 2 aliphatic carbocycles. The average Bonchev–Trinajstić information content (AvgIpc) is 3.13. The van der Waals surface area contributed by atoms with Crippen molar-refractivity contribution in [2.75, 3.05) is 0 Å². The minimum absolute atomic E-state index is 0.208. The Morgan fingerprint density at radius 3 is 2.48 bits per heavy atom. The highest BCUT2D eigenvalue weighted by Crippen LogP contribution is 2.47. The molecule has 4 rings (SSSR count). The average molecular weight is 360 g/mol. The Balaban J connectivity index is 1.58. The number of rotatable bonds is 4. The van der Waals surface area contributed by atoms with Gasteiger partial charge in [0.05, 0.1) is 5.56 Å². The highest BCUT2D eigenvalue weighted by Gasteiger charge is 2.42. The molecule has 2 nitrogen and oxygen atoms in total. The van der Waals surface area contributed by atoms with Gasteiger partial charge in [-0.2, -0.15) is 0 Å². The van der Waals surface area contributed by atoms with E-state index in [1.165, 1.54) is 24.8 Å². The number of benzene rings is 2. The standard InChI is InChI=1S/C25H29NO/c1-2-18-9-6-7-14-24(18)27-25-17-21(19-10-4-3-5-11-19)16-23(25)20-12-8-13-22(26)15-20/h1,3-7,9-11,14,20-23,25H,8,12-13,15-17,26H2. The van der Waals surface area contributed by atoms with Gasteiger partial charge in [-0.25, -0.2) is 0 Å². The molecule has 0 heterocycles. The first-order valence-corrected chi connectivity index (χ1v) is 10.3. The lowest BCUT2D eigenvalue weighted by Gasteiger charge is -2.34. The van der Waals surface area contributed by atoms with Crippen molar-refractivity contribution in [3.05, 3.63) is 65.7 Å². The molecule has 0 spiro atoms. The second kappa shape index (κ2) is 8.19. The Hall–Kier alpha value is -2.24.